The SMILES string of the molecule is CC(CCN)NCc1ccc(C(C)(C)C)cc1. The van der Waals surface area contributed by atoms with E-state index < -0.39 is 0 Å². The smallest absolute Gasteiger partial charge is 0.0207 e. The van der Waals surface area contributed by atoms with Crippen LogP contribution >= 0.6 is 0 Å². The van der Waals surface area contributed by atoms with Crippen molar-refractivity contribution in [2.45, 2.75) is 52.1 Å². The number of benzene rings is 1. The summed E-state index contributed by atoms with van der Waals surface area (Å²) < 4.78 is 0. The second kappa shape index (κ2) is 6.18. The monoisotopic (exact) mass is 234 g/mol. The van der Waals surface area contributed by atoms with E-state index in [4.69, 9.17) is 5.73 Å². The Bertz CT molecular complexity index is 322. The van der Waals surface area contributed by atoms with Crippen LogP contribution in [-0.4, -0.2) is 12.6 Å². The molecule has 0 amide bonds. The molecule has 1 rings (SSSR count). The minimum Gasteiger partial charge on any atom is -0.330 e. The van der Waals surface area contributed by atoms with Gasteiger partial charge in [-0.25, -0.2) is 0 Å². The van der Waals surface area contributed by atoms with Crippen molar-refractivity contribution in [1.29, 1.82) is 0 Å². The van der Waals surface area contributed by atoms with Crippen LogP contribution in [0, 0.1) is 0 Å². The molecule has 2 heteroatoms. The fourth-order valence-corrected chi connectivity index (χ4v) is 1.77. The molecule has 1 aromatic rings. The predicted molar refractivity (Wildman–Crippen MR) is 75.1 cm³/mol. The molecule has 1 aromatic carbocycles. The van der Waals surface area contributed by atoms with Gasteiger partial charge >= 0.3 is 0 Å². The lowest BCUT2D eigenvalue weighted by Gasteiger charge is -2.19. The van der Waals surface area contributed by atoms with Crippen LogP contribution in [-0.2, 0) is 12.0 Å². The highest BCUT2D eigenvalue weighted by atomic mass is 14.9. The molecule has 0 spiro atoms. The molecule has 3 N–H and O–H groups in total. The Balaban J connectivity index is 2.51. The molecule has 96 valence electrons. The van der Waals surface area contributed by atoms with Crippen LogP contribution in [0.25, 0.3) is 0 Å². The van der Waals surface area contributed by atoms with Crippen molar-refractivity contribution >= 4 is 0 Å². The molecule has 17 heavy (non-hydrogen) atoms. The van der Waals surface area contributed by atoms with E-state index in [0.29, 0.717) is 6.04 Å². The molecule has 0 heterocycles. The lowest BCUT2D eigenvalue weighted by molar-refractivity contribution is 0.519. The topological polar surface area (TPSA) is 38.0 Å². The van der Waals surface area contributed by atoms with Crippen LogP contribution in [0.4, 0.5) is 0 Å². The van der Waals surface area contributed by atoms with Crippen LogP contribution in [0.1, 0.15) is 45.2 Å². The largest absolute Gasteiger partial charge is 0.330 e. The molecule has 1 unspecified atom stereocenters. The van der Waals surface area contributed by atoms with Crippen LogP contribution in [0.2, 0.25) is 0 Å². The van der Waals surface area contributed by atoms with Crippen molar-refractivity contribution in [1.82, 2.24) is 5.32 Å². The number of nitrogens with two attached hydrogens (primary N) is 1. The van der Waals surface area contributed by atoms with E-state index in [2.05, 4.69) is 57.3 Å². The minimum absolute atomic E-state index is 0.235. The van der Waals surface area contributed by atoms with E-state index in [1.165, 1.54) is 11.1 Å². The van der Waals surface area contributed by atoms with E-state index in [-0.39, 0.29) is 5.41 Å². The van der Waals surface area contributed by atoms with E-state index in [9.17, 15) is 0 Å². The predicted octanol–water partition coefficient (Wildman–Crippen LogP) is 2.81. The summed E-state index contributed by atoms with van der Waals surface area (Å²) in [6, 6.07) is 9.36. The third-order valence-electron chi connectivity index (χ3n) is 3.07. The normalized spacial score (nSPS) is 13.7. The second-order valence-corrected chi connectivity index (χ2v) is 5.81. The Labute approximate surface area is 106 Å². The highest BCUT2D eigenvalue weighted by Crippen LogP contribution is 2.22. The molecule has 0 bridgehead atoms. The zero-order chi connectivity index (χ0) is 12.9. The lowest BCUT2D eigenvalue weighted by Crippen LogP contribution is -2.27. The van der Waals surface area contributed by atoms with Crippen LogP contribution in [0.3, 0.4) is 0 Å². The van der Waals surface area contributed by atoms with Gasteiger partial charge in [-0.15, -0.1) is 0 Å². The lowest BCUT2D eigenvalue weighted by atomic mass is 9.87. The summed E-state index contributed by atoms with van der Waals surface area (Å²) in [7, 11) is 0. The van der Waals surface area contributed by atoms with Gasteiger partial charge in [-0.1, -0.05) is 45.0 Å². The Hall–Kier alpha value is -0.860. The maximum absolute atomic E-state index is 5.53. The van der Waals surface area contributed by atoms with Crippen LogP contribution in [0.5, 0.6) is 0 Å². The molecular formula is C15H26N2. The Morgan fingerprint density at radius 2 is 1.76 bits per heavy atom. The van der Waals surface area contributed by atoms with Crippen LogP contribution in [0.15, 0.2) is 24.3 Å². The Morgan fingerprint density at radius 1 is 1.18 bits per heavy atom. The van der Waals surface area contributed by atoms with Crippen molar-refractivity contribution in [3.63, 3.8) is 0 Å². The Morgan fingerprint density at radius 3 is 2.24 bits per heavy atom. The standard InChI is InChI=1S/C15H26N2/c1-12(9-10-16)17-11-13-5-7-14(8-6-13)15(2,3)4/h5-8,12,17H,9-11,16H2,1-4H3. The number of hydrogen-bond acceptors (Lipinski definition) is 2. The van der Waals surface area contributed by atoms with Crippen LogP contribution < -0.4 is 11.1 Å². The van der Waals surface area contributed by atoms with Gasteiger partial charge in [0.1, 0.15) is 0 Å². The summed E-state index contributed by atoms with van der Waals surface area (Å²) in [4.78, 5) is 0. The first-order chi connectivity index (χ1) is 7.93. The van der Waals surface area contributed by atoms with E-state index in [1.54, 1.807) is 0 Å². The second-order valence-electron chi connectivity index (χ2n) is 5.81. The Kier molecular flexibility index (Phi) is 5.16. The molecule has 0 aliphatic rings. The van der Waals surface area contributed by atoms with Gasteiger partial charge in [0.2, 0.25) is 0 Å². The van der Waals surface area contributed by atoms with Gasteiger partial charge in [-0.2, -0.15) is 0 Å². The van der Waals surface area contributed by atoms with Gasteiger partial charge < -0.3 is 11.1 Å². The molecule has 0 saturated carbocycles. The summed E-state index contributed by atoms with van der Waals surface area (Å²) in [5.74, 6) is 0. The summed E-state index contributed by atoms with van der Waals surface area (Å²) in [6.45, 7) is 10.6. The average molecular weight is 234 g/mol. The maximum atomic E-state index is 5.53. The van der Waals surface area contributed by atoms with Gasteiger partial charge in [-0.3, -0.25) is 0 Å². The molecule has 1 atom stereocenters. The zero-order valence-electron chi connectivity index (χ0n) is 11.6. The quantitative estimate of drug-likeness (QED) is 0.822. The van der Waals surface area contributed by atoms with Gasteiger partial charge in [0.05, 0.1) is 0 Å². The van der Waals surface area contributed by atoms with Crippen molar-refractivity contribution in [2.24, 2.45) is 5.73 Å². The fraction of sp³-hybridized carbons (Fsp3) is 0.600. The molecule has 0 saturated heterocycles. The van der Waals surface area contributed by atoms with Gasteiger partial charge in [-0.05, 0) is 36.4 Å². The highest BCUT2D eigenvalue weighted by molar-refractivity contribution is 5.27. The number of rotatable bonds is 5. The first kappa shape index (κ1) is 14.2. The van der Waals surface area contributed by atoms with Gasteiger partial charge in [0.15, 0.2) is 0 Å². The summed E-state index contributed by atoms with van der Waals surface area (Å²) in [5.41, 5.74) is 8.48. The fourth-order valence-electron chi connectivity index (χ4n) is 1.77. The summed E-state index contributed by atoms with van der Waals surface area (Å²) in [5, 5.41) is 3.48. The minimum atomic E-state index is 0.235. The average Bonchev–Trinajstić information content (AvgIpc) is 2.26. The first-order valence-electron chi connectivity index (χ1n) is 6.46. The van der Waals surface area contributed by atoms with E-state index >= 15 is 0 Å². The summed E-state index contributed by atoms with van der Waals surface area (Å²) >= 11 is 0. The molecule has 2 nitrogen and oxygen atoms in total. The summed E-state index contributed by atoms with van der Waals surface area (Å²) in [6.07, 6.45) is 1.03. The number of nitrogens with one attached hydrogen (secondary N) is 1. The molecule has 0 aromatic heterocycles. The molecule has 0 aliphatic carbocycles. The molecule has 0 radical (unpaired) electrons. The van der Waals surface area contributed by atoms with Gasteiger partial charge in [0.25, 0.3) is 0 Å². The maximum Gasteiger partial charge on any atom is 0.0207 e. The third-order valence-corrected chi connectivity index (χ3v) is 3.07. The first-order valence-corrected chi connectivity index (χ1v) is 6.46. The number of hydrogen-bond donors (Lipinski definition) is 2. The zero-order valence-corrected chi connectivity index (χ0v) is 11.6. The van der Waals surface area contributed by atoms with Gasteiger partial charge in [0, 0.05) is 12.6 Å². The van der Waals surface area contributed by atoms with Crippen molar-refractivity contribution in [3.05, 3.63) is 35.4 Å². The molecule has 0 fully saturated rings. The van der Waals surface area contributed by atoms with E-state index in [0.717, 1.165) is 19.5 Å². The van der Waals surface area contributed by atoms with Crippen molar-refractivity contribution in [3.8, 4) is 0 Å². The van der Waals surface area contributed by atoms with Crippen molar-refractivity contribution in [2.75, 3.05) is 6.54 Å². The molecular weight excluding hydrogens is 208 g/mol. The molecule has 0 aliphatic heterocycles. The third kappa shape index (κ3) is 4.88. The highest BCUT2D eigenvalue weighted by Gasteiger charge is 2.12. The van der Waals surface area contributed by atoms with E-state index in [1.807, 2.05) is 0 Å². The van der Waals surface area contributed by atoms with Crippen molar-refractivity contribution < 1.29 is 0 Å².